The summed E-state index contributed by atoms with van der Waals surface area (Å²) in [5.74, 6) is -1.56. The lowest BCUT2D eigenvalue weighted by atomic mass is 9.76. The lowest BCUT2D eigenvalue weighted by Crippen LogP contribution is -2.47. The lowest BCUT2D eigenvalue weighted by Gasteiger charge is -2.40. The molecule has 1 aromatic heterocycles. The second kappa shape index (κ2) is 11.9. The molecule has 2 atom stereocenters. The summed E-state index contributed by atoms with van der Waals surface area (Å²) in [5, 5.41) is 22.3. The molecule has 8 nitrogen and oxygen atoms in total. The number of aliphatic hydroxyl groups excluding tert-OH is 1. The fourth-order valence-electron chi connectivity index (χ4n) is 6.08. The van der Waals surface area contributed by atoms with Gasteiger partial charge in [0.05, 0.1) is 47.2 Å². The summed E-state index contributed by atoms with van der Waals surface area (Å²) in [5.41, 5.74) is -2.06. The highest BCUT2D eigenvalue weighted by Crippen LogP contribution is 2.49. The van der Waals surface area contributed by atoms with Crippen LogP contribution in [0.5, 0.6) is 0 Å². The highest BCUT2D eigenvalue weighted by Gasteiger charge is 2.55. The van der Waals surface area contributed by atoms with Gasteiger partial charge in [-0.25, -0.2) is 4.39 Å². The van der Waals surface area contributed by atoms with Gasteiger partial charge in [-0.05, 0) is 67.6 Å². The Hall–Kier alpha value is -3.08. The van der Waals surface area contributed by atoms with Crippen molar-refractivity contribution in [3.8, 4) is 0 Å². The van der Waals surface area contributed by atoms with Gasteiger partial charge in [-0.2, -0.15) is 0 Å². The van der Waals surface area contributed by atoms with E-state index in [1.54, 1.807) is 48.2 Å². The molecule has 3 aromatic rings. The quantitative estimate of drug-likeness (QED) is 0.375. The van der Waals surface area contributed by atoms with Gasteiger partial charge in [0.15, 0.2) is 5.72 Å². The molecule has 11 heteroatoms. The Bertz CT molecular complexity index is 1480. The Kier molecular flexibility index (Phi) is 8.60. The van der Waals surface area contributed by atoms with Crippen LogP contribution in [0.4, 0.5) is 4.39 Å². The molecule has 5 rings (SSSR count). The molecule has 0 spiro atoms. The summed E-state index contributed by atoms with van der Waals surface area (Å²) in [6.07, 6.45) is 2.51. The molecule has 0 radical (unpaired) electrons. The van der Waals surface area contributed by atoms with Crippen LogP contribution in [0.3, 0.4) is 0 Å². The first-order valence-electron chi connectivity index (χ1n) is 13.7. The van der Waals surface area contributed by atoms with Gasteiger partial charge in [-0.3, -0.25) is 19.5 Å². The van der Waals surface area contributed by atoms with Crippen molar-refractivity contribution in [2.24, 2.45) is 5.92 Å². The van der Waals surface area contributed by atoms with Crippen LogP contribution in [0.1, 0.15) is 59.4 Å². The number of halogens is 3. The first-order valence-corrected chi connectivity index (χ1v) is 14.5. The minimum atomic E-state index is -1.76. The Morgan fingerprint density at radius 3 is 2.40 bits per heavy atom. The summed E-state index contributed by atoms with van der Waals surface area (Å²) in [7, 11) is 0. The van der Waals surface area contributed by atoms with Gasteiger partial charge in [0, 0.05) is 36.8 Å². The van der Waals surface area contributed by atoms with Gasteiger partial charge < -0.3 is 19.8 Å². The van der Waals surface area contributed by atoms with Gasteiger partial charge in [0.1, 0.15) is 5.82 Å². The number of amides is 2. The van der Waals surface area contributed by atoms with Crippen LogP contribution in [0.2, 0.25) is 10.0 Å². The van der Waals surface area contributed by atoms with Crippen molar-refractivity contribution in [1.29, 1.82) is 0 Å². The average molecular weight is 617 g/mol. The zero-order valence-electron chi connectivity index (χ0n) is 23.3. The first-order chi connectivity index (χ1) is 20.0. The number of nitrogens with zero attached hydrogens (tertiary/aromatic N) is 3. The van der Waals surface area contributed by atoms with Crippen LogP contribution in [0, 0.1) is 11.7 Å². The van der Waals surface area contributed by atoms with Crippen LogP contribution in [0.25, 0.3) is 0 Å². The molecule has 1 unspecified atom stereocenters. The van der Waals surface area contributed by atoms with Crippen molar-refractivity contribution in [1.82, 2.24) is 14.8 Å². The second-order valence-electron chi connectivity index (χ2n) is 10.9. The molecule has 2 aliphatic heterocycles. The topological polar surface area (TPSA) is 103 Å². The normalized spacial score (nSPS) is 20.5. The van der Waals surface area contributed by atoms with Gasteiger partial charge in [0.25, 0.3) is 5.91 Å². The van der Waals surface area contributed by atoms with Crippen molar-refractivity contribution in [3.63, 3.8) is 0 Å². The van der Waals surface area contributed by atoms with E-state index in [9.17, 15) is 19.8 Å². The van der Waals surface area contributed by atoms with Crippen LogP contribution < -0.4 is 0 Å². The first kappa shape index (κ1) is 30.4. The number of carbonyl (C=O) groups excluding carboxylic acids is 2. The van der Waals surface area contributed by atoms with Crippen LogP contribution in [0.15, 0.2) is 54.7 Å². The Morgan fingerprint density at radius 1 is 1.14 bits per heavy atom. The van der Waals surface area contributed by atoms with E-state index in [1.807, 2.05) is 0 Å². The van der Waals surface area contributed by atoms with Crippen molar-refractivity contribution < 1.29 is 28.9 Å². The molecule has 0 bridgehead atoms. The number of hydrogen-bond donors (Lipinski definition) is 2. The third-order valence-corrected chi connectivity index (χ3v) is 8.83. The number of aromatic nitrogens is 1. The fraction of sp³-hybridized carbons (Fsp3) is 0.387. The van der Waals surface area contributed by atoms with Crippen molar-refractivity contribution >= 4 is 35.0 Å². The molecule has 1 fully saturated rings. The van der Waals surface area contributed by atoms with E-state index in [0.717, 1.165) is 0 Å². The maximum Gasteiger partial charge on any atom is 0.257 e. The van der Waals surface area contributed by atoms with Crippen molar-refractivity contribution in [2.75, 3.05) is 26.3 Å². The second-order valence-corrected chi connectivity index (χ2v) is 11.8. The Morgan fingerprint density at radius 2 is 1.81 bits per heavy atom. The van der Waals surface area contributed by atoms with Crippen LogP contribution in [-0.2, 0) is 27.4 Å². The van der Waals surface area contributed by atoms with E-state index in [4.69, 9.17) is 27.9 Å². The maximum absolute atomic E-state index is 16.5. The van der Waals surface area contributed by atoms with Gasteiger partial charge in [-0.1, -0.05) is 35.3 Å². The van der Waals surface area contributed by atoms with Gasteiger partial charge in [0.2, 0.25) is 5.91 Å². The van der Waals surface area contributed by atoms with Crippen molar-refractivity contribution in [2.45, 2.75) is 44.6 Å². The van der Waals surface area contributed by atoms with Crippen molar-refractivity contribution in [3.05, 3.63) is 98.5 Å². The lowest BCUT2D eigenvalue weighted by molar-refractivity contribution is -0.132. The van der Waals surface area contributed by atoms with E-state index in [2.05, 4.69) is 4.98 Å². The number of benzene rings is 2. The smallest absolute Gasteiger partial charge is 0.257 e. The number of fused-ring (bicyclic) bond motifs is 1. The minimum absolute atomic E-state index is 0.0248. The van der Waals surface area contributed by atoms with Gasteiger partial charge in [-0.15, -0.1) is 0 Å². The zero-order valence-corrected chi connectivity index (χ0v) is 24.8. The number of carbonyl (C=O) groups is 2. The number of hydrogen-bond acceptors (Lipinski definition) is 6. The number of rotatable bonds is 8. The summed E-state index contributed by atoms with van der Waals surface area (Å²) >= 11 is 12.2. The van der Waals surface area contributed by atoms with Gasteiger partial charge >= 0.3 is 0 Å². The minimum Gasteiger partial charge on any atom is -0.394 e. The molecule has 2 N–H and O–H groups in total. The summed E-state index contributed by atoms with van der Waals surface area (Å²) in [4.78, 5) is 33.5. The molecule has 1 saturated heterocycles. The van der Waals surface area contributed by atoms with E-state index in [1.165, 1.54) is 30.2 Å². The number of likely N-dealkylation sites (tertiary alicyclic amines) is 1. The summed E-state index contributed by atoms with van der Waals surface area (Å²) < 4.78 is 22.7. The number of piperidine rings is 1. The highest BCUT2D eigenvalue weighted by molar-refractivity contribution is 6.30. The maximum atomic E-state index is 16.5. The Balaban J connectivity index is 1.64. The molecule has 2 aromatic carbocycles. The molecule has 2 amide bonds. The van der Waals surface area contributed by atoms with E-state index < -0.39 is 23.1 Å². The van der Waals surface area contributed by atoms with E-state index in [-0.39, 0.29) is 48.3 Å². The Labute approximate surface area is 253 Å². The van der Waals surface area contributed by atoms with Crippen LogP contribution >= 0.6 is 23.2 Å². The number of aliphatic hydroxyl groups is 2. The third-order valence-electron chi connectivity index (χ3n) is 8.35. The molecule has 0 aliphatic carbocycles. The molecule has 42 heavy (non-hydrogen) atoms. The predicted molar refractivity (Wildman–Crippen MR) is 155 cm³/mol. The highest BCUT2D eigenvalue weighted by atomic mass is 35.5. The molecule has 3 heterocycles. The zero-order chi connectivity index (χ0) is 30.2. The average Bonchev–Trinajstić information content (AvgIpc) is 3.21. The SMILES string of the molecule is CC(=O)N1CCC(C(C)(O)c2cc(F)c3c(c2)C(=O)N(Cc2ccc(Cl)cn2)[C@@]3(OCCO)c2ccc(Cl)cc2)CC1. The van der Waals surface area contributed by atoms with E-state index in [0.29, 0.717) is 47.2 Å². The predicted octanol–water partition coefficient (Wildman–Crippen LogP) is 4.86. The molecular weight excluding hydrogens is 584 g/mol. The fourth-order valence-corrected chi connectivity index (χ4v) is 6.31. The monoisotopic (exact) mass is 615 g/mol. The number of ether oxygens (including phenoxy) is 1. The largest absolute Gasteiger partial charge is 0.394 e. The molecule has 0 saturated carbocycles. The van der Waals surface area contributed by atoms with Crippen LogP contribution in [-0.4, -0.2) is 63.1 Å². The summed E-state index contributed by atoms with van der Waals surface area (Å²) in [6, 6.07) is 12.6. The third kappa shape index (κ3) is 5.40. The molecular formula is C31H32Cl2FN3O5. The molecule has 222 valence electrons. The molecule has 2 aliphatic rings. The number of pyridine rings is 1. The van der Waals surface area contributed by atoms with E-state index >= 15 is 4.39 Å². The standard InChI is InChI=1S/C31H32Cl2FN3O5/c1-19(39)36-11-9-20(10-12-36)30(2,41)22-15-26-28(27(34)16-22)31(42-14-13-38,21-3-5-23(32)6-4-21)37(29(26)40)18-25-8-7-24(33)17-35-25/h3-8,15-17,20,38,41H,9-14,18H2,1-2H3/t30?,31-/m1/s1. The summed E-state index contributed by atoms with van der Waals surface area (Å²) in [6.45, 7) is 3.46.